The maximum Gasteiger partial charge on any atom is 0.257 e. The van der Waals surface area contributed by atoms with E-state index < -0.39 is 0 Å². The molecule has 0 aliphatic carbocycles. The molecule has 0 aromatic carbocycles. The van der Waals surface area contributed by atoms with Crippen molar-refractivity contribution in [1.82, 2.24) is 24.4 Å². The number of hydrogen-bond acceptors (Lipinski definition) is 5. The van der Waals surface area contributed by atoms with Crippen LogP contribution in [0.1, 0.15) is 27.3 Å². The van der Waals surface area contributed by atoms with Gasteiger partial charge in [-0.25, -0.2) is 9.50 Å². The molecule has 0 saturated carbocycles. The number of fused-ring (bicyclic) bond motifs is 1. The van der Waals surface area contributed by atoms with Crippen LogP contribution in [-0.2, 0) is 6.54 Å². The molecule has 25 heavy (non-hydrogen) atoms. The Morgan fingerprint density at radius 2 is 2.16 bits per heavy atom. The summed E-state index contributed by atoms with van der Waals surface area (Å²) in [7, 11) is 0. The molecular weight excluding hydrogens is 334 g/mol. The second kappa shape index (κ2) is 6.93. The molecular formula is C18H21N5OS. The van der Waals surface area contributed by atoms with Crippen molar-refractivity contribution < 1.29 is 4.79 Å². The van der Waals surface area contributed by atoms with Crippen molar-refractivity contribution in [1.29, 1.82) is 0 Å². The highest BCUT2D eigenvalue weighted by atomic mass is 32.1. The first-order valence-electron chi connectivity index (χ1n) is 8.56. The molecule has 1 amide bonds. The van der Waals surface area contributed by atoms with Gasteiger partial charge in [-0.1, -0.05) is 6.07 Å². The van der Waals surface area contributed by atoms with Gasteiger partial charge in [0.2, 0.25) is 0 Å². The van der Waals surface area contributed by atoms with Crippen LogP contribution < -0.4 is 0 Å². The number of nitrogens with zero attached hydrogens (tertiary/aromatic N) is 5. The number of aromatic nitrogens is 3. The average molecular weight is 355 g/mol. The second-order valence-corrected chi connectivity index (χ2v) is 7.39. The summed E-state index contributed by atoms with van der Waals surface area (Å²) in [5.74, 6) is 0.0559. The topological polar surface area (TPSA) is 53.7 Å². The van der Waals surface area contributed by atoms with Crippen LogP contribution in [0, 0.1) is 6.92 Å². The zero-order valence-electron chi connectivity index (χ0n) is 14.3. The molecule has 1 aliphatic heterocycles. The highest BCUT2D eigenvalue weighted by Gasteiger charge is 2.23. The summed E-state index contributed by atoms with van der Waals surface area (Å²) in [5, 5.41) is 6.37. The molecule has 4 rings (SSSR count). The molecule has 1 aliphatic rings. The van der Waals surface area contributed by atoms with Gasteiger partial charge in [-0.3, -0.25) is 9.69 Å². The molecule has 0 atom stereocenters. The Morgan fingerprint density at radius 1 is 1.24 bits per heavy atom. The number of aryl methyl sites for hydroxylation is 1. The molecule has 3 aromatic rings. The first kappa shape index (κ1) is 16.2. The van der Waals surface area contributed by atoms with Crippen molar-refractivity contribution in [2.45, 2.75) is 19.9 Å². The van der Waals surface area contributed by atoms with Gasteiger partial charge in [-0.15, -0.1) is 11.3 Å². The molecule has 3 aromatic heterocycles. The summed E-state index contributed by atoms with van der Waals surface area (Å²) >= 11 is 1.79. The van der Waals surface area contributed by atoms with Crippen LogP contribution in [-0.4, -0.2) is 56.5 Å². The fraction of sp³-hybridized carbons (Fsp3) is 0.389. The van der Waals surface area contributed by atoms with Crippen LogP contribution in [0.2, 0.25) is 0 Å². The van der Waals surface area contributed by atoms with Crippen LogP contribution in [0.4, 0.5) is 0 Å². The second-order valence-electron chi connectivity index (χ2n) is 6.36. The van der Waals surface area contributed by atoms with Crippen molar-refractivity contribution in [2.75, 3.05) is 26.2 Å². The van der Waals surface area contributed by atoms with E-state index in [0.717, 1.165) is 50.5 Å². The number of hydrogen-bond donors (Lipinski definition) is 0. The van der Waals surface area contributed by atoms with Gasteiger partial charge in [0.05, 0.1) is 17.5 Å². The van der Waals surface area contributed by atoms with Gasteiger partial charge < -0.3 is 4.90 Å². The Bertz CT molecular complexity index is 873. The normalized spacial score (nSPS) is 16.3. The van der Waals surface area contributed by atoms with Crippen LogP contribution in [0.15, 0.2) is 36.0 Å². The first-order valence-corrected chi connectivity index (χ1v) is 9.44. The Balaban J connectivity index is 1.47. The molecule has 130 valence electrons. The Morgan fingerprint density at radius 3 is 3.00 bits per heavy atom. The fourth-order valence-corrected chi connectivity index (χ4v) is 4.07. The largest absolute Gasteiger partial charge is 0.337 e. The summed E-state index contributed by atoms with van der Waals surface area (Å²) < 4.78 is 1.73. The summed E-state index contributed by atoms with van der Waals surface area (Å²) in [6, 6.07) is 6.11. The van der Waals surface area contributed by atoms with Crippen LogP contribution in [0.25, 0.3) is 5.65 Å². The van der Waals surface area contributed by atoms with Gasteiger partial charge in [0.1, 0.15) is 0 Å². The number of thiophene rings is 1. The van der Waals surface area contributed by atoms with E-state index in [4.69, 9.17) is 0 Å². The molecule has 0 bridgehead atoms. The lowest BCUT2D eigenvalue weighted by atomic mass is 10.2. The molecule has 0 unspecified atom stereocenters. The van der Waals surface area contributed by atoms with Gasteiger partial charge in [-0.2, -0.15) is 5.10 Å². The first-order chi connectivity index (χ1) is 12.2. The third-order valence-corrected chi connectivity index (χ3v) is 5.58. The quantitative estimate of drug-likeness (QED) is 0.724. The molecule has 0 spiro atoms. The monoisotopic (exact) mass is 355 g/mol. The third-order valence-electron chi connectivity index (χ3n) is 4.72. The fourth-order valence-electron chi connectivity index (χ4n) is 3.33. The van der Waals surface area contributed by atoms with Crippen LogP contribution >= 0.6 is 11.3 Å². The number of rotatable bonds is 3. The van der Waals surface area contributed by atoms with Crippen LogP contribution in [0.3, 0.4) is 0 Å². The predicted molar refractivity (Wildman–Crippen MR) is 97.8 cm³/mol. The minimum absolute atomic E-state index is 0.0559. The Kier molecular flexibility index (Phi) is 4.50. The SMILES string of the molecule is Cc1c(C(=O)N2CCCN(Cc3cccs3)CC2)cnc2ccnn12. The van der Waals surface area contributed by atoms with Gasteiger partial charge in [-0.05, 0) is 24.8 Å². The lowest BCUT2D eigenvalue weighted by Crippen LogP contribution is -2.35. The van der Waals surface area contributed by atoms with Gasteiger partial charge in [0, 0.05) is 49.9 Å². The van der Waals surface area contributed by atoms with E-state index in [0.29, 0.717) is 5.56 Å². The Hall–Kier alpha value is -2.25. The molecule has 0 N–H and O–H groups in total. The van der Waals surface area contributed by atoms with Crippen molar-refractivity contribution in [3.05, 3.63) is 52.1 Å². The highest BCUT2D eigenvalue weighted by Crippen LogP contribution is 2.16. The van der Waals surface area contributed by atoms with E-state index in [1.54, 1.807) is 28.2 Å². The van der Waals surface area contributed by atoms with Gasteiger partial charge in [0.15, 0.2) is 5.65 Å². The van der Waals surface area contributed by atoms with E-state index in [2.05, 4.69) is 32.5 Å². The number of amides is 1. The molecule has 1 fully saturated rings. The van der Waals surface area contributed by atoms with Crippen molar-refractivity contribution in [3.63, 3.8) is 0 Å². The maximum absolute atomic E-state index is 13.0. The zero-order valence-corrected chi connectivity index (χ0v) is 15.1. The van der Waals surface area contributed by atoms with E-state index in [-0.39, 0.29) is 5.91 Å². The van der Waals surface area contributed by atoms with E-state index in [9.17, 15) is 4.79 Å². The summed E-state index contributed by atoms with van der Waals surface area (Å²) in [6.45, 7) is 6.36. The average Bonchev–Trinajstić information content (AvgIpc) is 3.24. The molecule has 1 saturated heterocycles. The third kappa shape index (κ3) is 3.29. The molecule has 4 heterocycles. The van der Waals surface area contributed by atoms with Crippen molar-refractivity contribution >= 4 is 22.9 Å². The molecule has 6 nitrogen and oxygen atoms in total. The predicted octanol–water partition coefficient (Wildman–Crippen LogP) is 2.45. The zero-order chi connectivity index (χ0) is 17.2. The summed E-state index contributed by atoms with van der Waals surface area (Å²) in [6.07, 6.45) is 4.38. The number of carbonyl (C=O) groups excluding carboxylic acids is 1. The summed E-state index contributed by atoms with van der Waals surface area (Å²) in [4.78, 5) is 23.1. The van der Waals surface area contributed by atoms with Crippen LogP contribution in [0.5, 0.6) is 0 Å². The Labute approximate surface area is 150 Å². The lowest BCUT2D eigenvalue weighted by Gasteiger charge is -2.22. The maximum atomic E-state index is 13.0. The smallest absolute Gasteiger partial charge is 0.257 e. The van der Waals surface area contributed by atoms with E-state index >= 15 is 0 Å². The standard InChI is InChI=1S/C18H21N5OS/c1-14-16(12-19-17-5-6-20-23(14)17)18(24)22-8-3-7-21(9-10-22)13-15-4-2-11-25-15/h2,4-6,11-12H,3,7-10,13H2,1H3. The minimum Gasteiger partial charge on any atom is -0.337 e. The lowest BCUT2D eigenvalue weighted by molar-refractivity contribution is 0.0759. The van der Waals surface area contributed by atoms with E-state index in [1.165, 1.54) is 4.88 Å². The van der Waals surface area contributed by atoms with Crippen molar-refractivity contribution in [2.24, 2.45) is 0 Å². The van der Waals surface area contributed by atoms with Gasteiger partial charge in [0.25, 0.3) is 5.91 Å². The summed E-state index contributed by atoms with van der Waals surface area (Å²) in [5.41, 5.74) is 2.26. The molecule has 7 heteroatoms. The van der Waals surface area contributed by atoms with Crippen molar-refractivity contribution in [3.8, 4) is 0 Å². The highest BCUT2D eigenvalue weighted by molar-refractivity contribution is 7.09. The number of carbonyl (C=O) groups is 1. The molecule has 0 radical (unpaired) electrons. The minimum atomic E-state index is 0.0559. The van der Waals surface area contributed by atoms with Gasteiger partial charge >= 0.3 is 0 Å². The van der Waals surface area contributed by atoms with E-state index in [1.807, 2.05) is 17.9 Å².